The minimum Gasteiger partial charge on any atom is -0.493 e. The average Bonchev–Trinajstić information content (AvgIpc) is 3.07. The molecule has 2 aromatic rings. The van der Waals surface area contributed by atoms with Crippen LogP contribution in [0.5, 0.6) is 11.5 Å². The summed E-state index contributed by atoms with van der Waals surface area (Å²) in [4.78, 5) is 25.8. The second kappa shape index (κ2) is 9.82. The molecule has 0 aliphatic carbocycles. The van der Waals surface area contributed by atoms with Crippen LogP contribution >= 0.6 is 11.6 Å². The molecular weight excluding hydrogens is 410 g/mol. The molecule has 1 saturated heterocycles. The summed E-state index contributed by atoms with van der Waals surface area (Å²) in [5, 5.41) is 10.3. The lowest BCUT2D eigenvalue weighted by atomic mass is 9.93. The Balaban J connectivity index is 1.85. The molecule has 0 aromatic heterocycles. The SMILES string of the molecule is COCCN1C(=O)C[C@@H](C(=O)O)[C@@H]1c1ccc(OCc2cccc(Cl)c2)c(OC)c1. The third-order valence-electron chi connectivity index (χ3n) is 5.10. The van der Waals surface area contributed by atoms with Crippen molar-refractivity contribution in [1.29, 1.82) is 0 Å². The molecule has 0 saturated carbocycles. The summed E-state index contributed by atoms with van der Waals surface area (Å²) in [5.74, 6) is -1.07. The van der Waals surface area contributed by atoms with E-state index in [4.69, 9.17) is 25.8 Å². The van der Waals surface area contributed by atoms with Crippen molar-refractivity contribution < 1.29 is 28.9 Å². The summed E-state index contributed by atoms with van der Waals surface area (Å²) >= 11 is 6.01. The summed E-state index contributed by atoms with van der Waals surface area (Å²) in [5.41, 5.74) is 1.59. The Morgan fingerprint density at radius 3 is 2.67 bits per heavy atom. The Morgan fingerprint density at radius 2 is 2.00 bits per heavy atom. The molecule has 7 nitrogen and oxygen atoms in total. The first kappa shape index (κ1) is 21.9. The van der Waals surface area contributed by atoms with Gasteiger partial charge in [0.25, 0.3) is 0 Å². The maximum absolute atomic E-state index is 12.4. The van der Waals surface area contributed by atoms with Crippen LogP contribution in [0.4, 0.5) is 0 Å². The quantitative estimate of drug-likeness (QED) is 0.651. The largest absolute Gasteiger partial charge is 0.493 e. The zero-order chi connectivity index (χ0) is 21.7. The van der Waals surface area contributed by atoms with Gasteiger partial charge in [-0.2, -0.15) is 0 Å². The summed E-state index contributed by atoms with van der Waals surface area (Å²) in [7, 11) is 3.06. The molecule has 0 unspecified atom stereocenters. The van der Waals surface area contributed by atoms with Gasteiger partial charge >= 0.3 is 5.97 Å². The van der Waals surface area contributed by atoms with Gasteiger partial charge in [-0.05, 0) is 35.4 Å². The van der Waals surface area contributed by atoms with Gasteiger partial charge in [0.2, 0.25) is 5.91 Å². The molecule has 1 N–H and O–H groups in total. The summed E-state index contributed by atoms with van der Waals surface area (Å²) in [6.07, 6.45) is -0.0426. The van der Waals surface area contributed by atoms with Gasteiger partial charge in [0, 0.05) is 25.1 Å². The fourth-order valence-electron chi connectivity index (χ4n) is 3.65. The summed E-state index contributed by atoms with van der Waals surface area (Å²) in [6.45, 7) is 0.946. The van der Waals surface area contributed by atoms with E-state index in [-0.39, 0.29) is 12.3 Å². The van der Waals surface area contributed by atoms with Crippen molar-refractivity contribution in [3.8, 4) is 11.5 Å². The molecule has 0 radical (unpaired) electrons. The van der Waals surface area contributed by atoms with Gasteiger partial charge in [0.15, 0.2) is 11.5 Å². The molecule has 1 heterocycles. The number of aliphatic carboxylic acids is 1. The van der Waals surface area contributed by atoms with Crippen molar-refractivity contribution in [3.63, 3.8) is 0 Å². The number of hydrogen-bond acceptors (Lipinski definition) is 5. The van der Waals surface area contributed by atoms with Crippen molar-refractivity contribution in [1.82, 2.24) is 4.90 Å². The van der Waals surface area contributed by atoms with E-state index in [1.165, 1.54) is 7.11 Å². The third kappa shape index (κ3) is 4.86. The lowest BCUT2D eigenvalue weighted by molar-refractivity contribution is -0.142. The number of methoxy groups -OCH3 is 2. The van der Waals surface area contributed by atoms with Crippen LogP contribution in [0.15, 0.2) is 42.5 Å². The van der Waals surface area contributed by atoms with E-state index in [0.717, 1.165) is 5.56 Å². The van der Waals surface area contributed by atoms with Crippen LogP contribution in [0.2, 0.25) is 5.02 Å². The topological polar surface area (TPSA) is 85.3 Å². The molecule has 160 valence electrons. The number of rotatable bonds is 9. The van der Waals surface area contributed by atoms with Crippen LogP contribution in [-0.4, -0.2) is 49.3 Å². The number of nitrogens with zero attached hydrogens (tertiary/aromatic N) is 1. The minimum absolute atomic E-state index is 0.0426. The average molecular weight is 434 g/mol. The Bertz CT molecular complexity index is 918. The van der Waals surface area contributed by atoms with Gasteiger partial charge in [-0.15, -0.1) is 0 Å². The van der Waals surface area contributed by atoms with E-state index >= 15 is 0 Å². The van der Waals surface area contributed by atoms with Crippen LogP contribution < -0.4 is 9.47 Å². The van der Waals surface area contributed by atoms with E-state index in [1.807, 2.05) is 18.2 Å². The van der Waals surface area contributed by atoms with E-state index in [2.05, 4.69) is 0 Å². The molecule has 0 bridgehead atoms. The number of carboxylic acids is 1. The summed E-state index contributed by atoms with van der Waals surface area (Å²) in [6, 6.07) is 12.0. The van der Waals surface area contributed by atoms with Crippen molar-refractivity contribution in [2.75, 3.05) is 27.4 Å². The third-order valence-corrected chi connectivity index (χ3v) is 5.33. The number of carbonyl (C=O) groups is 2. The fraction of sp³-hybridized carbons (Fsp3) is 0.364. The first-order valence-corrected chi connectivity index (χ1v) is 9.88. The number of carboxylic acid groups (broad SMARTS) is 1. The highest BCUT2D eigenvalue weighted by Crippen LogP contribution is 2.41. The van der Waals surface area contributed by atoms with Crippen LogP contribution in [0.1, 0.15) is 23.6 Å². The normalized spacial score (nSPS) is 18.5. The highest BCUT2D eigenvalue weighted by molar-refractivity contribution is 6.30. The standard InChI is InChI=1S/C22H24ClNO6/c1-28-9-8-24-20(25)12-17(22(26)27)21(24)15-6-7-18(19(11-15)29-2)30-13-14-4-3-5-16(23)10-14/h3-7,10-11,17,21H,8-9,12-13H2,1-2H3,(H,26,27)/t17-,21+/m1/s1. The molecule has 3 rings (SSSR count). The molecule has 1 aliphatic heterocycles. The maximum Gasteiger partial charge on any atom is 0.309 e. The van der Waals surface area contributed by atoms with Gasteiger partial charge in [0.05, 0.1) is 25.7 Å². The lowest BCUT2D eigenvalue weighted by Gasteiger charge is -2.27. The van der Waals surface area contributed by atoms with Crippen molar-refractivity contribution in [3.05, 3.63) is 58.6 Å². The second-order valence-corrected chi connectivity index (χ2v) is 7.44. The first-order valence-electron chi connectivity index (χ1n) is 9.51. The van der Waals surface area contributed by atoms with Gasteiger partial charge in [-0.25, -0.2) is 0 Å². The number of likely N-dealkylation sites (tertiary alicyclic amines) is 1. The second-order valence-electron chi connectivity index (χ2n) is 7.00. The number of ether oxygens (including phenoxy) is 3. The Kier molecular flexibility index (Phi) is 7.18. The van der Waals surface area contributed by atoms with E-state index < -0.39 is 17.9 Å². The van der Waals surface area contributed by atoms with Crippen molar-refractivity contribution >= 4 is 23.5 Å². The fourth-order valence-corrected chi connectivity index (χ4v) is 3.87. The molecule has 1 fully saturated rings. The van der Waals surface area contributed by atoms with Crippen molar-refractivity contribution in [2.24, 2.45) is 5.92 Å². The highest BCUT2D eigenvalue weighted by atomic mass is 35.5. The van der Waals surface area contributed by atoms with Gasteiger partial charge in [0.1, 0.15) is 6.61 Å². The first-order chi connectivity index (χ1) is 14.4. The molecule has 8 heteroatoms. The molecule has 1 amide bonds. The van der Waals surface area contributed by atoms with Gasteiger partial charge in [-0.3, -0.25) is 9.59 Å². The zero-order valence-corrected chi connectivity index (χ0v) is 17.6. The smallest absolute Gasteiger partial charge is 0.309 e. The summed E-state index contributed by atoms with van der Waals surface area (Å²) < 4.78 is 16.4. The van der Waals surface area contributed by atoms with Crippen molar-refractivity contribution in [2.45, 2.75) is 19.1 Å². The zero-order valence-electron chi connectivity index (χ0n) is 16.8. The molecule has 2 aromatic carbocycles. The number of halogens is 1. The Labute approximate surface area is 180 Å². The molecule has 0 spiro atoms. The number of carbonyl (C=O) groups excluding carboxylic acids is 1. The Morgan fingerprint density at radius 1 is 1.20 bits per heavy atom. The van der Waals surface area contributed by atoms with Crippen LogP contribution in [0.3, 0.4) is 0 Å². The monoisotopic (exact) mass is 433 g/mol. The van der Waals surface area contributed by atoms with Crippen LogP contribution in [0.25, 0.3) is 0 Å². The predicted octanol–water partition coefficient (Wildman–Crippen LogP) is 3.55. The lowest BCUT2D eigenvalue weighted by Crippen LogP contribution is -2.33. The molecular formula is C22H24ClNO6. The van der Waals surface area contributed by atoms with Crippen LogP contribution in [0, 0.1) is 5.92 Å². The molecule has 1 aliphatic rings. The van der Waals surface area contributed by atoms with E-state index in [0.29, 0.717) is 41.8 Å². The van der Waals surface area contributed by atoms with Crippen LogP contribution in [-0.2, 0) is 20.9 Å². The maximum atomic E-state index is 12.4. The van der Waals surface area contributed by atoms with Gasteiger partial charge < -0.3 is 24.2 Å². The number of hydrogen-bond donors (Lipinski definition) is 1. The minimum atomic E-state index is -1.01. The number of amides is 1. The molecule has 2 atom stereocenters. The number of benzene rings is 2. The highest BCUT2D eigenvalue weighted by Gasteiger charge is 2.44. The molecule has 30 heavy (non-hydrogen) atoms. The van der Waals surface area contributed by atoms with Gasteiger partial charge in [-0.1, -0.05) is 29.8 Å². The predicted molar refractivity (Wildman–Crippen MR) is 111 cm³/mol. The Hall–Kier alpha value is -2.77. The van der Waals surface area contributed by atoms with E-state index in [1.54, 1.807) is 36.3 Å². The van der Waals surface area contributed by atoms with E-state index in [9.17, 15) is 14.7 Å².